The van der Waals surface area contributed by atoms with Crippen LogP contribution in [0.2, 0.25) is 0 Å². The quantitative estimate of drug-likeness (QED) is 0.469. The highest BCUT2D eigenvalue weighted by Gasteiger charge is 2.28. The second-order valence-electron chi connectivity index (χ2n) is 6.64. The number of methoxy groups -OCH3 is 1. The molecule has 0 fully saturated rings. The second-order valence-corrected chi connectivity index (χ2v) is 8.21. The Morgan fingerprint density at radius 2 is 1.90 bits per heavy atom. The van der Waals surface area contributed by atoms with E-state index in [1.165, 1.54) is 18.2 Å². The van der Waals surface area contributed by atoms with Crippen LogP contribution in [0, 0.1) is 0 Å². The molecule has 0 radical (unpaired) electrons. The van der Waals surface area contributed by atoms with Gasteiger partial charge in [0.05, 0.1) is 18.9 Å². The van der Waals surface area contributed by atoms with Crippen LogP contribution in [-0.4, -0.2) is 32.1 Å². The predicted molar refractivity (Wildman–Crippen MR) is 109 cm³/mol. The van der Waals surface area contributed by atoms with E-state index in [1.54, 1.807) is 13.2 Å². The van der Waals surface area contributed by atoms with Gasteiger partial charge in [0, 0.05) is 35.3 Å². The lowest BCUT2D eigenvalue weighted by molar-refractivity contribution is 0.101. The third-order valence-electron chi connectivity index (χ3n) is 4.64. The Labute approximate surface area is 168 Å². The van der Waals surface area contributed by atoms with Crippen molar-refractivity contribution in [1.29, 1.82) is 0 Å². The van der Waals surface area contributed by atoms with E-state index < -0.39 is 10.1 Å². The number of aryl methyl sites for hydroxylation is 1. The fourth-order valence-corrected chi connectivity index (χ4v) is 3.80. The Hall–Kier alpha value is -3.26. The first kappa shape index (κ1) is 19.1. The van der Waals surface area contributed by atoms with Gasteiger partial charge in [-0.1, -0.05) is 0 Å². The maximum absolute atomic E-state index is 12.7. The zero-order chi connectivity index (χ0) is 20.8. The number of ether oxygens (including phenoxy) is 2. The van der Waals surface area contributed by atoms with Gasteiger partial charge in [-0.05, 0) is 43.3 Å². The van der Waals surface area contributed by atoms with Gasteiger partial charge in [0.25, 0.3) is 0 Å². The zero-order valence-electron chi connectivity index (χ0n) is 16.1. The third-order valence-corrected chi connectivity index (χ3v) is 5.13. The lowest BCUT2D eigenvalue weighted by Gasteiger charge is -2.04. The number of carbonyl (C=O) groups excluding carboxylic acids is 1. The fraction of sp³-hybridized carbons (Fsp3) is 0.190. The molecular formula is C21H19NO6S. The highest BCUT2D eigenvalue weighted by atomic mass is 32.2. The van der Waals surface area contributed by atoms with Gasteiger partial charge in [-0.25, -0.2) is 0 Å². The Bertz CT molecular complexity index is 1270. The molecule has 29 heavy (non-hydrogen) atoms. The average molecular weight is 413 g/mol. The van der Waals surface area contributed by atoms with Crippen LogP contribution in [0.4, 0.5) is 0 Å². The van der Waals surface area contributed by atoms with Gasteiger partial charge in [0.2, 0.25) is 5.78 Å². The fourth-order valence-electron chi connectivity index (χ4n) is 3.34. The SMILES string of the molecule is CCn1cc(C=C2Oc3cc(OS(C)(=O)=O)ccc3C2=O)c2cc(OC)ccc21. The van der Waals surface area contributed by atoms with Crippen molar-refractivity contribution in [3.8, 4) is 17.2 Å². The summed E-state index contributed by atoms with van der Waals surface area (Å²) in [4.78, 5) is 12.7. The lowest BCUT2D eigenvalue weighted by atomic mass is 10.1. The van der Waals surface area contributed by atoms with Crippen molar-refractivity contribution < 1.29 is 26.9 Å². The van der Waals surface area contributed by atoms with E-state index in [0.717, 1.165) is 35.0 Å². The number of fused-ring (bicyclic) bond motifs is 2. The second kappa shape index (κ2) is 6.97. The topological polar surface area (TPSA) is 83.8 Å². The van der Waals surface area contributed by atoms with Gasteiger partial charge in [-0.2, -0.15) is 8.42 Å². The van der Waals surface area contributed by atoms with Crippen molar-refractivity contribution in [2.45, 2.75) is 13.5 Å². The van der Waals surface area contributed by atoms with Crippen LogP contribution in [-0.2, 0) is 16.7 Å². The summed E-state index contributed by atoms with van der Waals surface area (Å²) in [5, 5.41) is 0.937. The summed E-state index contributed by atoms with van der Waals surface area (Å²) in [5.74, 6) is 0.961. The summed E-state index contributed by atoms with van der Waals surface area (Å²) in [6, 6.07) is 10.1. The van der Waals surface area contributed by atoms with Gasteiger partial charge >= 0.3 is 10.1 Å². The maximum Gasteiger partial charge on any atom is 0.306 e. The number of nitrogens with zero attached hydrogens (tertiary/aromatic N) is 1. The molecule has 0 saturated carbocycles. The van der Waals surface area contributed by atoms with Crippen molar-refractivity contribution in [1.82, 2.24) is 4.57 Å². The molecule has 0 saturated heterocycles. The minimum atomic E-state index is -3.67. The number of hydrogen-bond donors (Lipinski definition) is 0. The van der Waals surface area contributed by atoms with Crippen LogP contribution in [0.25, 0.3) is 17.0 Å². The van der Waals surface area contributed by atoms with E-state index in [4.69, 9.17) is 13.7 Å². The molecule has 4 rings (SSSR count). The van der Waals surface area contributed by atoms with Crippen molar-refractivity contribution in [2.75, 3.05) is 13.4 Å². The Morgan fingerprint density at radius 3 is 2.59 bits per heavy atom. The van der Waals surface area contributed by atoms with E-state index in [0.29, 0.717) is 5.56 Å². The largest absolute Gasteiger partial charge is 0.497 e. The maximum atomic E-state index is 12.7. The molecule has 0 unspecified atom stereocenters. The van der Waals surface area contributed by atoms with E-state index in [1.807, 2.05) is 31.3 Å². The minimum absolute atomic E-state index is 0.0904. The molecule has 1 aliphatic rings. The summed E-state index contributed by atoms with van der Waals surface area (Å²) in [7, 11) is -2.07. The molecule has 1 aromatic heterocycles. The smallest absolute Gasteiger partial charge is 0.306 e. The first-order valence-corrected chi connectivity index (χ1v) is 10.8. The Balaban J connectivity index is 1.74. The number of allylic oxidation sites excluding steroid dienone is 1. The van der Waals surface area contributed by atoms with Gasteiger partial charge in [-0.3, -0.25) is 4.79 Å². The summed E-state index contributed by atoms with van der Waals surface area (Å²) in [6.45, 7) is 2.81. The number of aromatic nitrogens is 1. The van der Waals surface area contributed by atoms with Crippen LogP contribution in [0.3, 0.4) is 0 Å². The summed E-state index contributed by atoms with van der Waals surface area (Å²) >= 11 is 0. The molecule has 0 N–H and O–H groups in total. The predicted octanol–water partition coefficient (Wildman–Crippen LogP) is 3.62. The number of benzene rings is 2. The molecule has 7 nitrogen and oxygen atoms in total. The van der Waals surface area contributed by atoms with Gasteiger partial charge < -0.3 is 18.2 Å². The van der Waals surface area contributed by atoms with Crippen molar-refractivity contribution >= 4 is 32.9 Å². The monoisotopic (exact) mass is 413 g/mol. The number of ketones is 1. The highest BCUT2D eigenvalue weighted by Crippen LogP contribution is 2.36. The van der Waals surface area contributed by atoms with Crippen molar-refractivity contribution in [2.24, 2.45) is 0 Å². The van der Waals surface area contributed by atoms with E-state index in [9.17, 15) is 13.2 Å². The molecular weight excluding hydrogens is 394 g/mol. The molecule has 2 heterocycles. The first-order valence-electron chi connectivity index (χ1n) is 8.93. The molecule has 0 bridgehead atoms. The molecule has 2 aromatic carbocycles. The molecule has 150 valence electrons. The van der Waals surface area contributed by atoms with Crippen LogP contribution in [0.15, 0.2) is 48.4 Å². The molecule has 0 aliphatic carbocycles. The first-order chi connectivity index (χ1) is 13.8. The van der Waals surface area contributed by atoms with E-state index in [2.05, 4.69) is 4.57 Å². The molecule has 0 amide bonds. The van der Waals surface area contributed by atoms with Gasteiger partial charge in [-0.15, -0.1) is 0 Å². The Kier molecular flexibility index (Phi) is 4.58. The molecule has 1 aliphatic heterocycles. The summed E-state index contributed by atoms with van der Waals surface area (Å²) < 4.78 is 40.6. The third kappa shape index (κ3) is 3.58. The molecule has 0 spiro atoms. The van der Waals surface area contributed by atoms with Crippen molar-refractivity contribution in [3.05, 3.63) is 59.5 Å². The van der Waals surface area contributed by atoms with Crippen LogP contribution in [0.1, 0.15) is 22.8 Å². The highest BCUT2D eigenvalue weighted by molar-refractivity contribution is 7.86. The zero-order valence-corrected chi connectivity index (χ0v) is 16.9. The van der Waals surface area contributed by atoms with Crippen molar-refractivity contribution in [3.63, 3.8) is 0 Å². The number of rotatable bonds is 5. The van der Waals surface area contributed by atoms with Gasteiger partial charge in [0.15, 0.2) is 5.76 Å². The average Bonchev–Trinajstić information content (AvgIpc) is 3.17. The Morgan fingerprint density at radius 1 is 1.14 bits per heavy atom. The minimum Gasteiger partial charge on any atom is -0.497 e. The summed E-state index contributed by atoms with van der Waals surface area (Å²) in [6.07, 6.45) is 4.59. The number of hydrogen-bond acceptors (Lipinski definition) is 6. The molecule has 0 atom stereocenters. The number of carbonyl (C=O) groups is 1. The van der Waals surface area contributed by atoms with Gasteiger partial charge in [0.1, 0.15) is 17.2 Å². The van der Waals surface area contributed by atoms with E-state index >= 15 is 0 Å². The molecule has 3 aromatic rings. The lowest BCUT2D eigenvalue weighted by Crippen LogP contribution is -2.05. The van der Waals surface area contributed by atoms with Crippen LogP contribution in [0.5, 0.6) is 17.2 Å². The standard InChI is InChI=1S/C21H19NO6S/c1-4-22-12-13(17-10-14(26-2)6-8-18(17)22)9-20-21(23)16-7-5-15(11-19(16)27-20)28-29(3,24)25/h5-12H,4H2,1-3H3. The number of Topliss-reactive ketones (excluding diaryl/α,β-unsaturated/α-hetero) is 1. The van der Waals surface area contributed by atoms with E-state index in [-0.39, 0.29) is 23.0 Å². The van der Waals surface area contributed by atoms with Crippen LogP contribution >= 0.6 is 0 Å². The molecule has 8 heteroatoms. The van der Waals surface area contributed by atoms with Crippen LogP contribution < -0.4 is 13.7 Å². The summed E-state index contributed by atoms with van der Waals surface area (Å²) in [5.41, 5.74) is 2.20. The normalized spacial score (nSPS) is 14.9.